The van der Waals surface area contributed by atoms with Crippen molar-refractivity contribution in [3.05, 3.63) is 19.2 Å². The Morgan fingerprint density at radius 3 is 2.08 bits per heavy atom. The second-order valence-corrected chi connectivity index (χ2v) is 6.70. The van der Waals surface area contributed by atoms with Crippen molar-refractivity contribution in [3.63, 3.8) is 0 Å². The molecule has 0 bridgehead atoms. The van der Waals surface area contributed by atoms with E-state index in [0.29, 0.717) is 6.10 Å². The monoisotopic (exact) mass is 308 g/mol. The maximum Gasteiger partial charge on any atom is 2.00 e. The molecule has 68 valence electrons. The van der Waals surface area contributed by atoms with Crippen molar-refractivity contribution < 1.29 is 28.4 Å². The molecule has 1 atom stereocenters. The Morgan fingerprint density at radius 1 is 1.58 bits per heavy atom. The number of hydrogen-bond acceptors (Lipinski definition) is 1. The summed E-state index contributed by atoms with van der Waals surface area (Å²) in [6.45, 7) is 13.8. The predicted molar refractivity (Wildman–Crippen MR) is 54.0 cm³/mol. The van der Waals surface area contributed by atoms with Gasteiger partial charge in [0.2, 0.25) is 0 Å². The van der Waals surface area contributed by atoms with Crippen molar-refractivity contribution in [2.45, 2.75) is 32.5 Å². The zero-order valence-electron chi connectivity index (χ0n) is 8.27. The van der Waals surface area contributed by atoms with Gasteiger partial charge in [-0.25, -0.2) is 0 Å². The first-order valence-electron chi connectivity index (χ1n) is 3.65. The van der Waals surface area contributed by atoms with E-state index in [4.69, 9.17) is 4.43 Å². The van der Waals surface area contributed by atoms with Gasteiger partial charge in [-0.1, -0.05) is 5.70 Å². The van der Waals surface area contributed by atoms with Crippen LogP contribution in [0.5, 0.6) is 0 Å². The first-order chi connectivity index (χ1) is 4.54. The Labute approximate surface area is 111 Å². The minimum absolute atomic E-state index is 0. The van der Waals surface area contributed by atoms with Crippen molar-refractivity contribution in [1.82, 2.24) is 0 Å². The average Bonchev–Trinajstić information content (AvgIpc) is 1.87. The fourth-order valence-electron chi connectivity index (χ4n) is 0.748. The van der Waals surface area contributed by atoms with Crippen LogP contribution in [0.2, 0.25) is 12.6 Å². The van der Waals surface area contributed by atoms with E-state index in [0.717, 1.165) is 6.04 Å². The van der Waals surface area contributed by atoms with Crippen LogP contribution in [0.15, 0.2) is 12.3 Å². The fourth-order valence-corrected chi connectivity index (χ4v) is 2.24. The molecule has 0 aliphatic carbocycles. The second kappa shape index (κ2) is 8.99. The smallest absolute Gasteiger partial charge is 1.00 e. The molecule has 0 spiro atoms. The van der Waals surface area contributed by atoms with E-state index in [1.54, 1.807) is 0 Å². The topological polar surface area (TPSA) is 9.23 Å². The summed E-state index contributed by atoms with van der Waals surface area (Å²) < 4.78 is 5.69. The van der Waals surface area contributed by atoms with E-state index >= 15 is 0 Å². The van der Waals surface area contributed by atoms with E-state index in [1.807, 2.05) is 19.5 Å². The van der Waals surface area contributed by atoms with Crippen molar-refractivity contribution in [3.8, 4) is 0 Å². The van der Waals surface area contributed by atoms with E-state index in [-0.39, 0.29) is 47.0 Å². The van der Waals surface area contributed by atoms with Gasteiger partial charge in [0, 0.05) is 6.10 Å². The fraction of sp³-hybridized carbons (Fsp3) is 0.625. The molecule has 0 heterocycles. The van der Waals surface area contributed by atoms with Crippen molar-refractivity contribution in [1.29, 1.82) is 0 Å². The van der Waals surface area contributed by atoms with Gasteiger partial charge in [-0.05, 0) is 20.4 Å². The van der Waals surface area contributed by atoms with Gasteiger partial charge in [0.15, 0.2) is 8.32 Å². The standard InChI is InChI=1S/C8H17OSi.HI.Mg/c1-6-10(5,7-2)9-8(3)4;;/h6,8H,1-2,7H2,3-5H3;1H;/q-1;;+2/p-1. The maximum atomic E-state index is 5.69. The van der Waals surface area contributed by atoms with Crippen LogP contribution in [0.3, 0.4) is 0 Å². The van der Waals surface area contributed by atoms with Gasteiger partial charge >= 0.3 is 23.1 Å². The van der Waals surface area contributed by atoms with Crippen LogP contribution in [-0.4, -0.2) is 37.5 Å². The molecule has 0 saturated carbocycles. The van der Waals surface area contributed by atoms with Gasteiger partial charge in [0.25, 0.3) is 0 Å². The number of hydrogen-bond donors (Lipinski definition) is 0. The molecular formula is C8H17IMgOSi. The van der Waals surface area contributed by atoms with Gasteiger partial charge in [-0.15, -0.1) is 6.58 Å². The second-order valence-electron chi connectivity index (χ2n) is 2.93. The molecule has 0 saturated heterocycles. The molecule has 0 N–H and O–H groups in total. The molecule has 0 radical (unpaired) electrons. The van der Waals surface area contributed by atoms with E-state index in [9.17, 15) is 0 Å². The van der Waals surface area contributed by atoms with Gasteiger partial charge in [0.1, 0.15) is 0 Å². The molecule has 12 heavy (non-hydrogen) atoms. The summed E-state index contributed by atoms with van der Waals surface area (Å²) in [7, 11) is -1.61. The first-order valence-corrected chi connectivity index (χ1v) is 6.34. The van der Waals surface area contributed by atoms with E-state index < -0.39 is 8.32 Å². The Morgan fingerprint density at radius 2 is 2.00 bits per heavy atom. The summed E-state index contributed by atoms with van der Waals surface area (Å²) in [6, 6.07) is 0.870. The third kappa shape index (κ3) is 8.03. The van der Waals surface area contributed by atoms with Gasteiger partial charge in [-0.3, -0.25) is 0 Å². The van der Waals surface area contributed by atoms with Crippen LogP contribution in [-0.2, 0) is 4.43 Å². The zero-order valence-corrected chi connectivity index (χ0v) is 12.8. The normalized spacial score (nSPS) is 14.1. The summed E-state index contributed by atoms with van der Waals surface area (Å²) in [6.07, 6.45) is 0.302. The van der Waals surface area contributed by atoms with Gasteiger partial charge in [0.05, 0.1) is 0 Å². The van der Waals surface area contributed by atoms with Crippen LogP contribution in [0.4, 0.5) is 0 Å². The van der Waals surface area contributed by atoms with Crippen molar-refractivity contribution in [2.75, 3.05) is 0 Å². The summed E-state index contributed by atoms with van der Waals surface area (Å²) in [5.41, 5.74) is 1.94. The Balaban J connectivity index is -0.000000405. The van der Waals surface area contributed by atoms with Gasteiger partial charge < -0.3 is 35.3 Å². The summed E-state index contributed by atoms with van der Waals surface area (Å²) in [5.74, 6) is 0. The van der Waals surface area contributed by atoms with Crippen LogP contribution in [0, 0.1) is 6.92 Å². The maximum absolute atomic E-state index is 5.69. The van der Waals surface area contributed by atoms with Crippen molar-refractivity contribution in [2.24, 2.45) is 0 Å². The van der Waals surface area contributed by atoms with Gasteiger partial charge in [-0.2, -0.15) is 6.04 Å². The molecule has 0 fully saturated rings. The molecule has 0 rings (SSSR count). The number of rotatable bonds is 4. The predicted octanol–water partition coefficient (Wildman–Crippen LogP) is -0.831. The Hall–Kier alpha value is 1.41. The Kier molecular flexibility index (Phi) is 14.3. The average molecular weight is 309 g/mol. The number of halogens is 1. The summed E-state index contributed by atoms with van der Waals surface area (Å²) in [5, 5.41) is 0. The molecular weight excluding hydrogens is 291 g/mol. The quantitative estimate of drug-likeness (QED) is 0.374. The Bertz CT molecular complexity index is 122. The molecule has 0 aromatic carbocycles. The third-order valence-electron chi connectivity index (χ3n) is 1.43. The SMILES string of the molecule is C=C[Si](C)(C[CH2-])OC(C)C.[I-].[Mg+2]. The van der Waals surface area contributed by atoms with E-state index in [2.05, 4.69) is 20.0 Å². The third-order valence-corrected chi connectivity index (χ3v) is 4.30. The van der Waals surface area contributed by atoms with E-state index in [1.165, 1.54) is 0 Å². The molecule has 0 aliphatic rings. The molecule has 1 unspecified atom stereocenters. The first kappa shape index (κ1) is 19.1. The minimum atomic E-state index is -1.61. The summed E-state index contributed by atoms with van der Waals surface area (Å²) in [4.78, 5) is 0. The summed E-state index contributed by atoms with van der Waals surface area (Å²) >= 11 is 0. The molecule has 1 nitrogen and oxygen atoms in total. The molecule has 0 aromatic rings. The van der Waals surface area contributed by atoms with Crippen LogP contribution >= 0.6 is 0 Å². The van der Waals surface area contributed by atoms with Crippen molar-refractivity contribution >= 4 is 31.4 Å². The molecule has 0 amide bonds. The zero-order chi connectivity index (χ0) is 8.20. The molecule has 0 aliphatic heterocycles. The van der Waals surface area contributed by atoms with Crippen LogP contribution in [0.25, 0.3) is 0 Å². The molecule has 0 aromatic heterocycles. The minimum Gasteiger partial charge on any atom is -1.00 e. The van der Waals surface area contributed by atoms with Crippen LogP contribution < -0.4 is 24.0 Å². The largest absolute Gasteiger partial charge is 2.00 e. The molecule has 4 heteroatoms. The van der Waals surface area contributed by atoms with Crippen LogP contribution in [0.1, 0.15) is 13.8 Å².